The number of anilines is 1. The highest BCUT2D eigenvalue weighted by Crippen LogP contribution is 2.30. The topological polar surface area (TPSA) is 96.0 Å². The Morgan fingerprint density at radius 1 is 1.00 bits per heavy atom. The largest absolute Gasteiger partial charge is 0.492 e. The summed E-state index contributed by atoms with van der Waals surface area (Å²) < 4.78 is 32.2. The van der Waals surface area contributed by atoms with Crippen molar-refractivity contribution in [1.82, 2.24) is 10.2 Å². The van der Waals surface area contributed by atoms with Crippen LogP contribution < -0.4 is 14.4 Å². The van der Waals surface area contributed by atoms with Gasteiger partial charge in [-0.2, -0.15) is 0 Å². The Hall–Kier alpha value is -3.07. The van der Waals surface area contributed by atoms with Gasteiger partial charge in [0.25, 0.3) is 0 Å². The van der Waals surface area contributed by atoms with E-state index in [0.717, 1.165) is 11.8 Å². The van der Waals surface area contributed by atoms with Gasteiger partial charge >= 0.3 is 0 Å². The van der Waals surface area contributed by atoms with Crippen molar-refractivity contribution in [2.24, 2.45) is 0 Å². The average Bonchev–Trinajstić information content (AvgIpc) is 2.81. The molecule has 1 unspecified atom stereocenters. The van der Waals surface area contributed by atoms with E-state index in [1.165, 1.54) is 4.31 Å². The maximum absolute atomic E-state index is 13.5. The van der Waals surface area contributed by atoms with E-state index in [1.54, 1.807) is 29.2 Å². The van der Waals surface area contributed by atoms with Crippen LogP contribution in [0.5, 0.6) is 5.75 Å². The third-order valence-electron chi connectivity index (χ3n) is 5.67. The van der Waals surface area contributed by atoms with Gasteiger partial charge in [-0.1, -0.05) is 49.4 Å². The van der Waals surface area contributed by atoms with E-state index in [4.69, 9.17) is 4.74 Å². The van der Waals surface area contributed by atoms with Gasteiger partial charge in [-0.05, 0) is 58.2 Å². The Balaban J connectivity index is 2.24. The van der Waals surface area contributed by atoms with Crippen molar-refractivity contribution >= 4 is 27.5 Å². The molecule has 0 aromatic heterocycles. The Morgan fingerprint density at radius 3 is 2.19 bits per heavy atom. The zero-order valence-electron chi connectivity index (χ0n) is 22.9. The van der Waals surface area contributed by atoms with Crippen molar-refractivity contribution in [3.63, 3.8) is 0 Å². The van der Waals surface area contributed by atoms with Gasteiger partial charge in [0.2, 0.25) is 21.8 Å². The van der Waals surface area contributed by atoms with Crippen molar-refractivity contribution in [1.29, 1.82) is 0 Å². The summed E-state index contributed by atoms with van der Waals surface area (Å²) in [5.41, 5.74) is 0.924. The van der Waals surface area contributed by atoms with Gasteiger partial charge < -0.3 is 15.0 Å². The standard InChI is InChI=1S/C28H41N3O5S/c1-7-23(27(33)29-28(3,4)5)30(21-22-15-10-9-11-16-22)26(32)19-14-20-31(37(6,34)35)24-17-12-13-18-25(24)36-8-2/h9-13,15-18,23H,7-8,14,19-21H2,1-6H3,(H,29,33). The molecule has 0 aliphatic carbocycles. The third-order valence-corrected chi connectivity index (χ3v) is 6.85. The second kappa shape index (κ2) is 13.5. The molecule has 2 aromatic rings. The van der Waals surface area contributed by atoms with E-state index in [1.807, 2.05) is 65.0 Å². The molecule has 37 heavy (non-hydrogen) atoms. The lowest BCUT2D eigenvalue weighted by Crippen LogP contribution is -2.53. The first-order valence-electron chi connectivity index (χ1n) is 12.7. The molecule has 0 heterocycles. The fraction of sp³-hybridized carbons (Fsp3) is 0.500. The average molecular weight is 532 g/mol. The summed E-state index contributed by atoms with van der Waals surface area (Å²) in [7, 11) is -3.62. The molecule has 0 aliphatic rings. The first kappa shape index (κ1) is 30.2. The van der Waals surface area contributed by atoms with Crippen LogP contribution >= 0.6 is 0 Å². The predicted molar refractivity (Wildman–Crippen MR) is 148 cm³/mol. The molecule has 0 radical (unpaired) electrons. The van der Waals surface area contributed by atoms with Crippen LogP contribution in [0.1, 0.15) is 59.4 Å². The van der Waals surface area contributed by atoms with Gasteiger partial charge in [0.1, 0.15) is 11.8 Å². The first-order valence-corrected chi connectivity index (χ1v) is 14.6. The fourth-order valence-corrected chi connectivity index (χ4v) is 5.04. The third kappa shape index (κ3) is 9.39. The number of rotatable bonds is 13. The van der Waals surface area contributed by atoms with Crippen LogP contribution in [0.25, 0.3) is 0 Å². The minimum absolute atomic E-state index is 0.0922. The van der Waals surface area contributed by atoms with Crippen molar-refractivity contribution in [3.8, 4) is 5.75 Å². The highest BCUT2D eigenvalue weighted by molar-refractivity contribution is 7.92. The number of carbonyl (C=O) groups excluding carboxylic acids is 2. The Morgan fingerprint density at radius 2 is 1.62 bits per heavy atom. The van der Waals surface area contributed by atoms with Gasteiger partial charge in [-0.3, -0.25) is 13.9 Å². The predicted octanol–water partition coefficient (Wildman–Crippen LogP) is 4.35. The number of hydrogen-bond acceptors (Lipinski definition) is 5. The minimum Gasteiger partial charge on any atom is -0.492 e. The van der Waals surface area contributed by atoms with E-state index >= 15 is 0 Å². The molecule has 2 amide bonds. The lowest BCUT2D eigenvalue weighted by Gasteiger charge is -2.33. The lowest BCUT2D eigenvalue weighted by atomic mass is 10.0. The quantitative estimate of drug-likeness (QED) is 0.415. The molecule has 0 saturated carbocycles. The van der Waals surface area contributed by atoms with Crippen LogP contribution in [0, 0.1) is 0 Å². The van der Waals surface area contributed by atoms with Crippen LogP contribution in [-0.4, -0.2) is 56.1 Å². The molecule has 2 rings (SSSR count). The number of nitrogens with zero attached hydrogens (tertiary/aromatic N) is 2. The Labute approximate surface area is 222 Å². The van der Waals surface area contributed by atoms with E-state index in [-0.39, 0.29) is 31.2 Å². The van der Waals surface area contributed by atoms with Gasteiger partial charge in [0, 0.05) is 25.0 Å². The number of sulfonamides is 1. The maximum Gasteiger partial charge on any atom is 0.243 e. The number of amides is 2. The monoisotopic (exact) mass is 531 g/mol. The number of benzene rings is 2. The van der Waals surface area contributed by atoms with Crippen LogP contribution in [-0.2, 0) is 26.2 Å². The lowest BCUT2D eigenvalue weighted by molar-refractivity contribution is -0.142. The fourth-order valence-electron chi connectivity index (χ4n) is 4.08. The Bertz CT molecular complexity index is 1130. The van der Waals surface area contributed by atoms with Gasteiger partial charge in [0.15, 0.2) is 0 Å². The zero-order valence-corrected chi connectivity index (χ0v) is 23.7. The molecule has 0 saturated heterocycles. The molecule has 1 atom stereocenters. The number of para-hydroxylation sites is 2. The maximum atomic E-state index is 13.5. The van der Waals surface area contributed by atoms with Crippen molar-refractivity contribution < 1.29 is 22.7 Å². The summed E-state index contributed by atoms with van der Waals surface area (Å²) in [6.07, 6.45) is 1.98. The van der Waals surface area contributed by atoms with Gasteiger partial charge in [-0.25, -0.2) is 8.42 Å². The molecular formula is C28H41N3O5S. The van der Waals surface area contributed by atoms with Crippen LogP contribution in [0.3, 0.4) is 0 Å². The summed E-state index contributed by atoms with van der Waals surface area (Å²) >= 11 is 0. The molecule has 204 valence electrons. The van der Waals surface area contributed by atoms with Crippen molar-refractivity contribution in [2.45, 2.75) is 72.0 Å². The zero-order chi connectivity index (χ0) is 27.6. The van der Waals surface area contributed by atoms with Gasteiger partial charge in [0.05, 0.1) is 18.6 Å². The van der Waals surface area contributed by atoms with E-state index in [2.05, 4.69) is 5.32 Å². The number of hydrogen-bond donors (Lipinski definition) is 1. The molecule has 9 heteroatoms. The molecule has 0 spiro atoms. The summed E-state index contributed by atoms with van der Waals surface area (Å²) in [5.74, 6) is 0.0614. The molecular weight excluding hydrogens is 490 g/mol. The van der Waals surface area contributed by atoms with E-state index in [0.29, 0.717) is 31.0 Å². The highest BCUT2D eigenvalue weighted by atomic mass is 32.2. The second-order valence-electron chi connectivity index (χ2n) is 10.0. The molecule has 0 bridgehead atoms. The summed E-state index contributed by atoms with van der Waals surface area (Å²) in [6, 6.07) is 15.9. The summed E-state index contributed by atoms with van der Waals surface area (Å²) in [6.45, 7) is 10.2. The van der Waals surface area contributed by atoms with Crippen LogP contribution in [0.15, 0.2) is 54.6 Å². The molecule has 0 fully saturated rings. The summed E-state index contributed by atoms with van der Waals surface area (Å²) in [4.78, 5) is 28.2. The van der Waals surface area contributed by atoms with Crippen LogP contribution in [0.4, 0.5) is 5.69 Å². The highest BCUT2D eigenvalue weighted by Gasteiger charge is 2.31. The normalized spacial score (nSPS) is 12.5. The summed E-state index contributed by atoms with van der Waals surface area (Å²) in [5, 5.41) is 2.99. The number of carbonyl (C=O) groups is 2. The molecule has 8 nitrogen and oxygen atoms in total. The smallest absolute Gasteiger partial charge is 0.243 e. The molecule has 1 N–H and O–H groups in total. The van der Waals surface area contributed by atoms with Gasteiger partial charge in [-0.15, -0.1) is 0 Å². The molecule has 2 aromatic carbocycles. The first-order chi connectivity index (χ1) is 17.4. The van der Waals surface area contributed by atoms with E-state index in [9.17, 15) is 18.0 Å². The van der Waals surface area contributed by atoms with Crippen molar-refractivity contribution in [2.75, 3.05) is 23.7 Å². The minimum atomic E-state index is -3.62. The SMILES string of the molecule is CCOc1ccccc1N(CCCC(=O)N(Cc1ccccc1)C(CC)C(=O)NC(C)(C)C)S(C)(=O)=O. The number of nitrogens with one attached hydrogen (secondary N) is 1. The molecule has 0 aliphatic heterocycles. The second-order valence-corrected chi connectivity index (χ2v) is 11.9. The van der Waals surface area contributed by atoms with Crippen LogP contribution in [0.2, 0.25) is 0 Å². The number of ether oxygens (including phenoxy) is 1. The van der Waals surface area contributed by atoms with E-state index < -0.39 is 21.6 Å². The Kier molecular flexibility index (Phi) is 11.0. The van der Waals surface area contributed by atoms with Crippen molar-refractivity contribution in [3.05, 3.63) is 60.2 Å².